The third-order valence-electron chi connectivity index (χ3n) is 7.87. The maximum atomic E-state index is 2.35. The summed E-state index contributed by atoms with van der Waals surface area (Å²) in [6.07, 6.45) is 0. The molecule has 0 aliphatic heterocycles. The van der Waals surface area contributed by atoms with Crippen LogP contribution in [-0.2, 0) is 0 Å². The van der Waals surface area contributed by atoms with Gasteiger partial charge in [0.25, 0.3) is 0 Å². The molecule has 7 aromatic rings. The SMILES string of the molecule is c1ccc(-c2cccc(N(c3ccc(-c4ccccc4-c4ccccc4)cc3)c3cccc(-c4ccccc4)c3)c2)cc1. The predicted molar refractivity (Wildman–Crippen MR) is 183 cm³/mol. The Morgan fingerprint density at radius 2 is 0.605 bits per heavy atom. The highest BCUT2D eigenvalue weighted by Crippen LogP contribution is 2.40. The van der Waals surface area contributed by atoms with E-state index in [1.54, 1.807) is 0 Å². The average molecular weight is 550 g/mol. The van der Waals surface area contributed by atoms with E-state index in [0.717, 1.165) is 17.1 Å². The molecule has 0 saturated carbocycles. The van der Waals surface area contributed by atoms with Gasteiger partial charge in [0.1, 0.15) is 0 Å². The van der Waals surface area contributed by atoms with E-state index >= 15 is 0 Å². The molecule has 1 heteroatoms. The first-order valence-electron chi connectivity index (χ1n) is 14.7. The Labute approximate surface area is 254 Å². The fourth-order valence-corrected chi connectivity index (χ4v) is 5.75. The molecule has 0 heterocycles. The topological polar surface area (TPSA) is 3.24 Å². The second-order valence-electron chi connectivity index (χ2n) is 10.6. The van der Waals surface area contributed by atoms with Crippen LogP contribution in [0.25, 0.3) is 44.5 Å². The van der Waals surface area contributed by atoms with Crippen LogP contribution in [-0.4, -0.2) is 0 Å². The summed E-state index contributed by atoms with van der Waals surface area (Å²) in [5, 5.41) is 0. The normalized spacial score (nSPS) is 10.8. The fourth-order valence-electron chi connectivity index (χ4n) is 5.75. The Morgan fingerprint density at radius 1 is 0.233 bits per heavy atom. The van der Waals surface area contributed by atoms with E-state index in [1.807, 2.05) is 0 Å². The number of hydrogen-bond acceptors (Lipinski definition) is 1. The Kier molecular flexibility index (Phi) is 7.36. The number of nitrogens with zero attached hydrogens (tertiary/aromatic N) is 1. The molecule has 7 rings (SSSR count). The van der Waals surface area contributed by atoms with Gasteiger partial charge in [0, 0.05) is 17.1 Å². The van der Waals surface area contributed by atoms with E-state index in [-0.39, 0.29) is 0 Å². The first kappa shape index (κ1) is 26.3. The molecule has 0 aliphatic carbocycles. The first-order valence-corrected chi connectivity index (χ1v) is 14.7. The standard InChI is InChI=1S/C42H31N/c1-4-14-32(15-5-1)36-20-12-22-39(30-36)43(40-23-13-21-37(31-40)33-16-6-2-7-17-33)38-28-26-35(27-29-38)42-25-11-10-24-41(42)34-18-8-3-9-19-34/h1-31H. The molecule has 0 spiro atoms. The van der Waals surface area contributed by atoms with Crippen molar-refractivity contribution in [2.24, 2.45) is 0 Å². The lowest BCUT2D eigenvalue weighted by molar-refractivity contribution is 1.28. The summed E-state index contributed by atoms with van der Waals surface area (Å²) >= 11 is 0. The van der Waals surface area contributed by atoms with Gasteiger partial charge in [-0.25, -0.2) is 0 Å². The Morgan fingerprint density at radius 3 is 1.07 bits per heavy atom. The molecule has 0 saturated heterocycles. The van der Waals surface area contributed by atoms with Crippen molar-refractivity contribution < 1.29 is 0 Å². The van der Waals surface area contributed by atoms with Gasteiger partial charge >= 0.3 is 0 Å². The summed E-state index contributed by atoms with van der Waals surface area (Å²) in [6, 6.07) is 67.0. The summed E-state index contributed by atoms with van der Waals surface area (Å²) in [5.74, 6) is 0. The van der Waals surface area contributed by atoms with Crippen molar-refractivity contribution in [1.29, 1.82) is 0 Å². The zero-order chi connectivity index (χ0) is 28.8. The molecule has 0 aromatic heterocycles. The van der Waals surface area contributed by atoms with Crippen LogP contribution in [0.15, 0.2) is 188 Å². The van der Waals surface area contributed by atoms with Crippen molar-refractivity contribution in [2.45, 2.75) is 0 Å². The van der Waals surface area contributed by atoms with Gasteiger partial charge in [-0.1, -0.05) is 152 Å². The van der Waals surface area contributed by atoms with Gasteiger partial charge in [0.05, 0.1) is 0 Å². The van der Waals surface area contributed by atoms with Crippen LogP contribution in [0.2, 0.25) is 0 Å². The van der Waals surface area contributed by atoms with Crippen molar-refractivity contribution in [2.75, 3.05) is 4.90 Å². The zero-order valence-corrected chi connectivity index (χ0v) is 23.8. The largest absolute Gasteiger partial charge is 0.310 e. The molecular weight excluding hydrogens is 518 g/mol. The lowest BCUT2D eigenvalue weighted by Crippen LogP contribution is -2.10. The van der Waals surface area contributed by atoms with Crippen molar-refractivity contribution in [3.05, 3.63) is 188 Å². The number of rotatable bonds is 7. The van der Waals surface area contributed by atoms with Gasteiger partial charge in [-0.2, -0.15) is 0 Å². The minimum atomic E-state index is 1.11. The highest BCUT2D eigenvalue weighted by molar-refractivity contribution is 5.86. The summed E-state index contributed by atoms with van der Waals surface area (Å²) in [4.78, 5) is 2.35. The number of hydrogen-bond donors (Lipinski definition) is 0. The van der Waals surface area contributed by atoms with Crippen LogP contribution >= 0.6 is 0 Å². The molecule has 1 nitrogen and oxygen atoms in total. The maximum absolute atomic E-state index is 2.35. The predicted octanol–water partition coefficient (Wildman–Crippen LogP) is 11.8. The summed E-state index contributed by atoms with van der Waals surface area (Å²) in [6.45, 7) is 0. The van der Waals surface area contributed by atoms with Crippen LogP contribution in [0.3, 0.4) is 0 Å². The second-order valence-corrected chi connectivity index (χ2v) is 10.6. The van der Waals surface area contributed by atoms with Crippen LogP contribution in [0.4, 0.5) is 17.1 Å². The van der Waals surface area contributed by atoms with Crippen molar-refractivity contribution in [3.63, 3.8) is 0 Å². The summed E-state index contributed by atoms with van der Waals surface area (Å²) in [5.41, 5.74) is 13.0. The van der Waals surface area contributed by atoms with Gasteiger partial charge < -0.3 is 4.90 Å². The third-order valence-corrected chi connectivity index (χ3v) is 7.87. The molecule has 0 fully saturated rings. The Bertz CT molecular complexity index is 1860. The molecule has 0 N–H and O–H groups in total. The molecule has 204 valence electrons. The van der Waals surface area contributed by atoms with Crippen molar-refractivity contribution >= 4 is 17.1 Å². The molecule has 0 unspecified atom stereocenters. The van der Waals surface area contributed by atoms with Gasteiger partial charge in [-0.15, -0.1) is 0 Å². The van der Waals surface area contributed by atoms with E-state index in [9.17, 15) is 0 Å². The Balaban J connectivity index is 1.33. The van der Waals surface area contributed by atoms with Crippen LogP contribution in [0, 0.1) is 0 Å². The molecule has 7 aromatic carbocycles. The monoisotopic (exact) mass is 549 g/mol. The fraction of sp³-hybridized carbons (Fsp3) is 0. The minimum Gasteiger partial charge on any atom is -0.310 e. The third kappa shape index (κ3) is 5.62. The summed E-state index contributed by atoms with van der Waals surface area (Å²) in [7, 11) is 0. The highest BCUT2D eigenvalue weighted by atomic mass is 15.1. The van der Waals surface area contributed by atoms with Crippen LogP contribution in [0.1, 0.15) is 0 Å². The summed E-state index contributed by atoms with van der Waals surface area (Å²) < 4.78 is 0. The van der Waals surface area contributed by atoms with Gasteiger partial charge in [0.2, 0.25) is 0 Å². The number of anilines is 3. The van der Waals surface area contributed by atoms with E-state index in [1.165, 1.54) is 44.5 Å². The highest BCUT2D eigenvalue weighted by Gasteiger charge is 2.15. The smallest absolute Gasteiger partial charge is 0.0467 e. The zero-order valence-electron chi connectivity index (χ0n) is 23.8. The van der Waals surface area contributed by atoms with Crippen molar-refractivity contribution in [1.82, 2.24) is 0 Å². The molecular formula is C42H31N. The van der Waals surface area contributed by atoms with Gasteiger partial charge in [-0.05, 0) is 80.9 Å². The quantitative estimate of drug-likeness (QED) is 0.191. The Hall–Kier alpha value is -5.66. The van der Waals surface area contributed by atoms with Crippen LogP contribution < -0.4 is 4.90 Å². The molecule has 0 amide bonds. The lowest BCUT2D eigenvalue weighted by Gasteiger charge is -2.27. The number of benzene rings is 7. The molecule has 0 atom stereocenters. The van der Waals surface area contributed by atoms with Gasteiger partial charge in [0.15, 0.2) is 0 Å². The average Bonchev–Trinajstić information content (AvgIpc) is 3.10. The van der Waals surface area contributed by atoms with Gasteiger partial charge in [-0.3, -0.25) is 0 Å². The second kappa shape index (κ2) is 12.1. The molecule has 0 radical (unpaired) electrons. The van der Waals surface area contributed by atoms with E-state index in [2.05, 4.69) is 193 Å². The van der Waals surface area contributed by atoms with Crippen LogP contribution in [0.5, 0.6) is 0 Å². The lowest BCUT2D eigenvalue weighted by atomic mass is 9.94. The van der Waals surface area contributed by atoms with Crippen molar-refractivity contribution in [3.8, 4) is 44.5 Å². The minimum absolute atomic E-state index is 1.11. The van der Waals surface area contributed by atoms with E-state index < -0.39 is 0 Å². The van der Waals surface area contributed by atoms with E-state index in [4.69, 9.17) is 0 Å². The molecule has 0 bridgehead atoms. The van der Waals surface area contributed by atoms with E-state index in [0.29, 0.717) is 0 Å². The maximum Gasteiger partial charge on any atom is 0.0467 e. The molecule has 0 aliphatic rings. The molecule has 43 heavy (non-hydrogen) atoms. The first-order chi connectivity index (χ1) is 21.3.